The van der Waals surface area contributed by atoms with E-state index in [1.54, 1.807) is 12.3 Å². The molecule has 3 aliphatic rings. The normalized spacial score (nSPS) is 21.6. The number of rotatable bonds is 5. The van der Waals surface area contributed by atoms with E-state index in [4.69, 9.17) is 0 Å². The first kappa shape index (κ1) is 26.1. The van der Waals surface area contributed by atoms with Crippen LogP contribution in [0.4, 0.5) is 0 Å². The summed E-state index contributed by atoms with van der Waals surface area (Å²) in [6.07, 6.45) is 9.01. The fourth-order valence-electron chi connectivity index (χ4n) is 4.77. The molecule has 0 unspecified atom stereocenters. The summed E-state index contributed by atoms with van der Waals surface area (Å²) in [6, 6.07) is 4.13. The lowest BCUT2D eigenvalue weighted by Crippen LogP contribution is -2.50. The van der Waals surface area contributed by atoms with Crippen molar-refractivity contribution in [2.75, 3.05) is 52.4 Å². The van der Waals surface area contributed by atoms with Gasteiger partial charge in [-0.3, -0.25) is 9.69 Å². The van der Waals surface area contributed by atoms with E-state index in [1.807, 2.05) is 26.8 Å². The molecule has 0 amide bonds. The number of aryl methyl sites for hydroxylation is 1. The zero-order valence-electron chi connectivity index (χ0n) is 20.9. The van der Waals surface area contributed by atoms with Gasteiger partial charge in [0.15, 0.2) is 0 Å². The predicted molar refractivity (Wildman–Crippen MR) is 133 cm³/mol. The molecule has 5 nitrogen and oxygen atoms in total. The quantitative estimate of drug-likeness (QED) is 0.756. The lowest BCUT2D eigenvalue weighted by atomic mass is 9.84. The van der Waals surface area contributed by atoms with E-state index in [1.165, 1.54) is 84.5 Å². The van der Waals surface area contributed by atoms with Gasteiger partial charge in [-0.25, -0.2) is 0 Å². The molecule has 0 bridgehead atoms. The van der Waals surface area contributed by atoms with Crippen molar-refractivity contribution in [3.8, 4) is 0 Å². The van der Waals surface area contributed by atoms with Gasteiger partial charge in [-0.2, -0.15) is 0 Å². The van der Waals surface area contributed by atoms with Gasteiger partial charge >= 0.3 is 0 Å². The molecule has 5 heteroatoms. The van der Waals surface area contributed by atoms with Gasteiger partial charge in [0.1, 0.15) is 0 Å². The Balaban J connectivity index is 0.000000286. The van der Waals surface area contributed by atoms with Crippen molar-refractivity contribution in [3.05, 3.63) is 34.2 Å². The minimum Gasteiger partial charge on any atom is -0.329 e. The molecule has 4 rings (SSSR count). The third-order valence-corrected chi connectivity index (χ3v) is 7.03. The molecule has 1 aliphatic carbocycles. The summed E-state index contributed by atoms with van der Waals surface area (Å²) < 4.78 is 0. The predicted octanol–water partition coefficient (Wildman–Crippen LogP) is 4.23. The molecule has 2 aliphatic heterocycles. The first-order chi connectivity index (χ1) is 15.0. The van der Waals surface area contributed by atoms with Gasteiger partial charge in [0.25, 0.3) is 0 Å². The number of piperazine rings is 1. The van der Waals surface area contributed by atoms with E-state index in [-0.39, 0.29) is 5.56 Å². The number of hydrogen-bond acceptors (Lipinski definition) is 4. The Bertz CT molecular complexity index is 639. The minimum absolute atomic E-state index is 0.0370. The Kier molecular flexibility index (Phi) is 11.8. The Morgan fingerprint density at radius 1 is 0.903 bits per heavy atom. The molecule has 1 N–H and O–H groups in total. The number of nitrogens with zero attached hydrogens (tertiary/aromatic N) is 3. The van der Waals surface area contributed by atoms with Crippen LogP contribution in [0.2, 0.25) is 0 Å². The topological polar surface area (TPSA) is 42.6 Å². The Morgan fingerprint density at radius 2 is 1.45 bits per heavy atom. The van der Waals surface area contributed by atoms with E-state index >= 15 is 0 Å². The van der Waals surface area contributed by atoms with Crippen molar-refractivity contribution in [1.82, 2.24) is 19.7 Å². The number of nitrogens with one attached hydrogen (secondary N) is 1. The SMILES string of the molecule is CC.CC(C)N1CCN(CC2CCN(CC3CCC3)CC2)CC1.Cc1cc[nH]c(=O)c1. The summed E-state index contributed by atoms with van der Waals surface area (Å²) in [5, 5.41) is 0. The van der Waals surface area contributed by atoms with Crippen molar-refractivity contribution in [1.29, 1.82) is 0 Å². The van der Waals surface area contributed by atoms with Crippen LogP contribution in [-0.4, -0.2) is 78.1 Å². The molecule has 1 aromatic rings. The summed E-state index contributed by atoms with van der Waals surface area (Å²) in [6.45, 7) is 21.2. The van der Waals surface area contributed by atoms with Gasteiger partial charge in [-0.1, -0.05) is 20.3 Å². The second-order valence-corrected chi connectivity index (χ2v) is 9.70. The van der Waals surface area contributed by atoms with Gasteiger partial charge in [-0.15, -0.1) is 0 Å². The van der Waals surface area contributed by atoms with Crippen molar-refractivity contribution in [2.45, 2.75) is 72.8 Å². The molecular weight excluding hydrogens is 384 g/mol. The van der Waals surface area contributed by atoms with Gasteiger partial charge in [-0.05, 0) is 83.0 Å². The number of aromatic nitrogens is 1. The zero-order valence-corrected chi connectivity index (χ0v) is 20.9. The maximum Gasteiger partial charge on any atom is 0.248 e. The highest BCUT2D eigenvalue weighted by molar-refractivity contribution is 5.06. The molecule has 3 heterocycles. The highest BCUT2D eigenvalue weighted by atomic mass is 16.1. The van der Waals surface area contributed by atoms with Crippen LogP contribution in [0.5, 0.6) is 0 Å². The van der Waals surface area contributed by atoms with Crippen LogP contribution in [0.1, 0.15) is 65.4 Å². The van der Waals surface area contributed by atoms with Gasteiger partial charge in [0, 0.05) is 57.6 Å². The van der Waals surface area contributed by atoms with E-state index in [0.29, 0.717) is 0 Å². The Labute approximate surface area is 191 Å². The average Bonchev–Trinajstić information content (AvgIpc) is 2.74. The number of piperidine rings is 1. The molecule has 178 valence electrons. The summed E-state index contributed by atoms with van der Waals surface area (Å²) in [4.78, 5) is 21.0. The van der Waals surface area contributed by atoms with Crippen LogP contribution in [-0.2, 0) is 0 Å². The monoisotopic (exact) mass is 432 g/mol. The molecule has 2 saturated heterocycles. The van der Waals surface area contributed by atoms with E-state index in [9.17, 15) is 4.79 Å². The average molecular weight is 433 g/mol. The molecular formula is C26H48N4O. The van der Waals surface area contributed by atoms with E-state index in [2.05, 4.69) is 33.5 Å². The first-order valence-corrected chi connectivity index (χ1v) is 12.8. The van der Waals surface area contributed by atoms with Gasteiger partial charge < -0.3 is 14.8 Å². The van der Waals surface area contributed by atoms with Crippen LogP contribution in [0.15, 0.2) is 23.1 Å². The molecule has 1 saturated carbocycles. The Morgan fingerprint density at radius 3 is 1.87 bits per heavy atom. The van der Waals surface area contributed by atoms with Crippen LogP contribution >= 0.6 is 0 Å². The summed E-state index contributed by atoms with van der Waals surface area (Å²) in [5.74, 6) is 2.01. The second kappa shape index (κ2) is 14.1. The summed E-state index contributed by atoms with van der Waals surface area (Å²) in [5.41, 5.74) is 0.957. The maximum absolute atomic E-state index is 10.4. The van der Waals surface area contributed by atoms with E-state index < -0.39 is 0 Å². The van der Waals surface area contributed by atoms with Crippen molar-refractivity contribution >= 4 is 0 Å². The van der Waals surface area contributed by atoms with Gasteiger partial charge in [0.2, 0.25) is 5.56 Å². The smallest absolute Gasteiger partial charge is 0.248 e. The number of hydrogen-bond donors (Lipinski definition) is 1. The highest BCUT2D eigenvalue weighted by Crippen LogP contribution is 2.29. The van der Waals surface area contributed by atoms with Crippen LogP contribution in [0, 0.1) is 18.8 Å². The Hall–Kier alpha value is -1.17. The summed E-state index contributed by atoms with van der Waals surface area (Å²) >= 11 is 0. The number of pyridine rings is 1. The van der Waals surface area contributed by atoms with Crippen LogP contribution in [0.25, 0.3) is 0 Å². The van der Waals surface area contributed by atoms with Crippen LogP contribution < -0.4 is 5.56 Å². The van der Waals surface area contributed by atoms with E-state index in [0.717, 1.165) is 23.4 Å². The molecule has 1 aromatic heterocycles. The third kappa shape index (κ3) is 9.46. The molecule has 3 fully saturated rings. The van der Waals surface area contributed by atoms with Crippen LogP contribution in [0.3, 0.4) is 0 Å². The fraction of sp³-hybridized carbons (Fsp3) is 0.808. The van der Waals surface area contributed by atoms with Crippen molar-refractivity contribution in [2.24, 2.45) is 11.8 Å². The molecule has 0 atom stereocenters. The number of aromatic amines is 1. The zero-order chi connectivity index (χ0) is 22.6. The third-order valence-electron chi connectivity index (χ3n) is 7.03. The fourth-order valence-corrected chi connectivity index (χ4v) is 4.77. The maximum atomic E-state index is 10.4. The molecule has 31 heavy (non-hydrogen) atoms. The number of likely N-dealkylation sites (tertiary alicyclic amines) is 1. The minimum atomic E-state index is -0.0370. The van der Waals surface area contributed by atoms with Gasteiger partial charge in [0.05, 0.1) is 0 Å². The number of H-pyrrole nitrogens is 1. The van der Waals surface area contributed by atoms with Crippen molar-refractivity contribution in [3.63, 3.8) is 0 Å². The standard InChI is InChI=1S/C18H35N3.C6H7NO.C2H6/c1-16(2)21-12-10-20(11-13-21)15-18-6-8-19(9-7-18)14-17-4-3-5-17;1-5-2-3-7-6(8)4-5;1-2/h16-18H,3-15H2,1-2H3;2-4H,1H3,(H,7,8);1-2H3. The summed E-state index contributed by atoms with van der Waals surface area (Å²) in [7, 11) is 0. The molecule has 0 aromatic carbocycles. The van der Waals surface area contributed by atoms with Crippen molar-refractivity contribution < 1.29 is 0 Å². The largest absolute Gasteiger partial charge is 0.329 e. The molecule has 0 radical (unpaired) electrons. The first-order valence-electron chi connectivity index (χ1n) is 12.8. The second-order valence-electron chi connectivity index (χ2n) is 9.70. The lowest BCUT2D eigenvalue weighted by Gasteiger charge is -2.41. The lowest BCUT2D eigenvalue weighted by molar-refractivity contribution is 0.0745. The molecule has 0 spiro atoms. The highest BCUT2D eigenvalue weighted by Gasteiger charge is 2.26.